The maximum atomic E-state index is 5.44. The third-order valence-electron chi connectivity index (χ3n) is 4.21. The minimum Gasteiger partial charge on any atom is -0.381 e. The molecule has 0 amide bonds. The van der Waals surface area contributed by atoms with Gasteiger partial charge in [0.05, 0.1) is 6.61 Å². The van der Waals surface area contributed by atoms with Gasteiger partial charge in [0.15, 0.2) is 5.82 Å². The van der Waals surface area contributed by atoms with Crippen LogP contribution in [-0.2, 0) is 11.2 Å². The highest BCUT2D eigenvalue weighted by atomic mass is 32.1. The molecule has 4 heterocycles. The van der Waals surface area contributed by atoms with Crippen LogP contribution in [-0.4, -0.2) is 46.1 Å². The van der Waals surface area contributed by atoms with E-state index in [2.05, 4.69) is 15.5 Å². The van der Waals surface area contributed by atoms with Crippen LogP contribution in [0.4, 0.5) is 0 Å². The largest absolute Gasteiger partial charge is 0.381 e. The van der Waals surface area contributed by atoms with Gasteiger partial charge >= 0.3 is 0 Å². The molecule has 2 atom stereocenters. The lowest BCUT2D eigenvalue weighted by Gasteiger charge is -2.21. The first-order valence-electron chi connectivity index (χ1n) is 7.39. The molecule has 20 heavy (non-hydrogen) atoms. The molecule has 6 nitrogen and oxygen atoms in total. The lowest BCUT2D eigenvalue weighted by Crippen LogP contribution is -2.30. The highest BCUT2D eigenvalue weighted by Gasteiger charge is 2.25. The smallest absolute Gasteiger partial charge is 0.234 e. The Balaban J connectivity index is 1.55. The molecule has 2 fully saturated rings. The molecule has 2 aromatic heterocycles. The van der Waals surface area contributed by atoms with Gasteiger partial charge in [0.2, 0.25) is 4.96 Å². The third-order valence-corrected chi connectivity index (χ3v) is 5.14. The van der Waals surface area contributed by atoms with E-state index >= 15 is 0 Å². The first kappa shape index (κ1) is 12.7. The molecular weight excluding hydrogens is 274 g/mol. The number of hydrogen-bond donors (Lipinski definition) is 1. The molecule has 7 heteroatoms. The summed E-state index contributed by atoms with van der Waals surface area (Å²) in [6, 6.07) is 0. The summed E-state index contributed by atoms with van der Waals surface area (Å²) in [4.78, 5) is 0.922. The standard InChI is InChI=1S/C13H19N5OS/c1-2-9(7-14-4-1)6-11-17-18-12(10-3-5-19-8-10)15-16-13(18)20-11/h9-10,14H,1-8H2. The first-order valence-corrected chi connectivity index (χ1v) is 8.21. The Kier molecular flexibility index (Phi) is 3.41. The minimum absolute atomic E-state index is 0.358. The zero-order valence-corrected chi connectivity index (χ0v) is 12.2. The van der Waals surface area contributed by atoms with Gasteiger partial charge in [-0.2, -0.15) is 9.61 Å². The molecule has 108 valence electrons. The monoisotopic (exact) mass is 293 g/mol. The Morgan fingerprint density at radius 1 is 1.35 bits per heavy atom. The van der Waals surface area contributed by atoms with Crippen LogP contribution in [0.25, 0.3) is 4.96 Å². The van der Waals surface area contributed by atoms with Crippen molar-refractivity contribution in [3.8, 4) is 0 Å². The Morgan fingerprint density at radius 3 is 3.15 bits per heavy atom. The van der Waals surface area contributed by atoms with Crippen molar-refractivity contribution in [2.75, 3.05) is 26.3 Å². The summed E-state index contributed by atoms with van der Waals surface area (Å²) >= 11 is 1.68. The quantitative estimate of drug-likeness (QED) is 0.922. The average molecular weight is 293 g/mol. The van der Waals surface area contributed by atoms with Crippen LogP contribution in [0, 0.1) is 5.92 Å². The molecule has 0 radical (unpaired) electrons. The maximum absolute atomic E-state index is 5.44. The fourth-order valence-electron chi connectivity index (χ4n) is 3.09. The highest BCUT2D eigenvalue weighted by Crippen LogP contribution is 2.26. The van der Waals surface area contributed by atoms with E-state index in [1.807, 2.05) is 4.52 Å². The normalized spacial score (nSPS) is 27.4. The van der Waals surface area contributed by atoms with Crippen LogP contribution in [0.1, 0.15) is 36.0 Å². The SMILES string of the molecule is C1CNCC(Cc2nn3c(C4CCOC4)nnc3s2)C1. The fraction of sp³-hybridized carbons (Fsp3) is 0.769. The molecule has 2 aliphatic rings. The van der Waals surface area contributed by atoms with Crippen LogP contribution >= 0.6 is 11.3 Å². The summed E-state index contributed by atoms with van der Waals surface area (Å²) in [6.07, 6.45) is 4.66. The number of aromatic nitrogens is 4. The van der Waals surface area contributed by atoms with Crippen LogP contribution in [0.15, 0.2) is 0 Å². The van der Waals surface area contributed by atoms with Crippen LogP contribution in [0.2, 0.25) is 0 Å². The van der Waals surface area contributed by atoms with Gasteiger partial charge in [0.1, 0.15) is 5.01 Å². The van der Waals surface area contributed by atoms with Gasteiger partial charge in [-0.05, 0) is 38.3 Å². The molecule has 0 bridgehead atoms. The van der Waals surface area contributed by atoms with Crippen molar-refractivity contribution in [2.45, 2.75) is 31.6 Å². The average Bonchev–Trinajstić information content (AvgIpc) is 3.15. The predicted octanol–water partition coefficient (Wildman–Crippen LogP) is 1.23. The van der Waals surface area contributed by atoms with Crippen molar-refractivity contribution in [1.29, 1.82) is 0 Å². The van der Waals surface area contributed by atoms with Crippen LogP contribution in [0.3, 0.4) is 0 Å². The van der Waals surface area contributed by atoms with Crippen molar-refractivity contribution in [3.63, 3.8) is 0 Å². The van der Waals surface area contributed by atoms with E-state index in [-0.39, 0.29) is 0 Å². The number of piperidine rings is 1. The highest BCUT2D eigenvalue weighted by molar-refractivity contribution is 7.16. The number of hydrogen-bond acceptors (Lipinski definition) is 6. The van der Waals surface area contributed by atoms with Crippen LogP contribution < -0.4 is 5.32 Å². The molecule has 1 N–H and O–H groups in total. The van der Waals surface area contributed by atoms with Crippen molar-refractivity contribution in [3.05, 3.63) is 10.8 Å². The van der Waals surface area contributed by atoms with Crippen molar-refractivity contribution < 1.29 is 4.74 Å². The number of rotatable bonds is 3. The van der Waals surface area contributed by atoms with E-state index in [0.717, 1.165) is 49.9 Å². The minimum atomic E-state index is 0.358. The fourth-order valence-corrected chi connectivity index (χ4v) is 4.05. The predicted molar refractivity (Wildman–Crippen MR) is 76.1 cm³/mol. The molecule has 0 aromatic carbocycles. The molecule has 4 rings (SSSR count). The summed E-state index contributed by atoms with van der Waals surface area (Å²) < 4.78 is 7.38. The number of nitrogens with one attached hydrogen (secondary N) is 1. The van der Waals surface area contributed by atoms with E-state index in [9.17, 15) is 0 Å². The summed E-state index contributed by atoms with van der Waals surface area (Å²) in [6.45, 7) is 3.85. The van der Waals surface area contributed by atoms with Crippen LogP contribution in [0.5, 0.6) is 0 Å². The number of fused-ring (bicyclic) bond motifs is 1. The zero-order valence-electron chi connectivity index (χ0n) is 11.4. The molecule has 2 aromatic rings. The van der Waals surface area contributed by atoms with E-state index in [1.54, 1.807) is 11.3 Å². The van der Waals surface area contributed by atoms with Gasteiger partial charge in [-0.1, -0.05) is 11.3 Å². The van der Waals surface area contributed by atoms with Gasteiger partial charge in [-0.25, -0.2) is 0 Å². The molecule has 0 spiro atoms. The maximum Gasteiger partial charge on any atom is 0.234 e. The van der Waals surface area contributed by atoms with Gasteiger partial charge in [0, 0.05) is 18.9 Å². The van der Waals surface area contributed by atoms with Crippen molar-refractivity contribution >= 4 is 16.3 Å². The van der Waals surface area contributed by atoms with Gasteiger partial charge in [-0.3, -0.25) is 0 Å². The van der Waals surface area contributed by atoms with Gasteiger partial charge in [-0.15, -0.1) is 10.2 Å². The Bertz CT molecular complexity index is 583. The number of nitrogens with zero attached hydrogens (tertiary/aromatic N) is 4. The first-order chi connectivity index (χ1) is 9.90. The second kappa shape index (κ2) is 5.38. The Morgan fingerprint density at radius 2 is 2.35 bits per heavy atom. The lowest BCUT2D eigenvalue weighted by molar-refractivity contribution is 0.193. The Labute approximate surface area is 121 Å². The van der Waals surface area contributed by atoms with Crippen molar-refractivity contribution in [1.82, 2.24) is 25.1 Å². The molecule has 0 saturated carbocycles. The number of ether oxygens (including phenoxy) is 1. The molecule has 2 unspecified atom stereocenters. The van der Waals surface area contributed by atoms with E-state index in [4.69, 9.17) is 9.84 Å². The molecule has 2 aliphatic heterocycles. The summed E-state index contributed by atoms with van der Waals surface area (Å²) in [5, 5.41) is 18.0. The summed E-state index contributed by atoms with van der Waals surface area (Å²) in [5.41, 5.74) is 0. The van der Waals surface area contributed by atoms with Crippen molar-refractivity contribution in [2.24, 2.45) is 5.92 Å². The van der Waals surface area contributed by atoms with E-state index < -0.39 is 0 Å². The van der Waals surface area contributed by atoms with Gasteiger partial charge in [0.25, 0.3) is 0 Å². The second-order valence-electron chi connectivity index (χ2n) is 5.73. The molecule has 0 aliphatic carbocycles. The third kappa shape index (κ3) is 2.34. The van der Waals surface area contributed by atoms with Gasteiger partial charge < -0.3 is 10.1 Å². The summed E-state index contributed by atoms with van der Waals surface area (Å²) in [5.74, 6) is 2.05. The zero-order chi connectivity index (χ0) is 13.4. The topological polar surface area (TPSA) is 64.3 Å². The Hall–Kier alpha value is -1.05. The summed E-state index contributed by atoms with van der Waals surface area (Å²) in [7, 11) is 0. The molecular formula is C13H19N5OS. The lowest BCUT2D eigenvalue weighted by atomic mass is 9.97. The van der Waals surface area contributed by atoms with E-state index in [0.29, 0.717) is 11.8 Å². The molecule has 2 saturated heterocycles. The second-order valence-corrected chi connectivity index (χ2v) is 6.77. The van der Waals surface area contributed by atoms with E-state index in [1.165, 1.54) is 17.8 Å².